The molecule has 0 bridgehead atoms. The average molecular weight is 454 g/mol. The Morgan fingerprint density at radius 1 is 1.03 bits per heavy atom. The lowest BCUT2D eigenvalue weighted by Crippen LogP contribution is -2.48. The van der Waals surface area contributed by atoms with Gasteiger partial charge in [0.25, 0.3) is 0 Å². The van der Waals surface area contributed by atoms with Crippen molar-refractivity contribution in [2.45, 2.75) is 38.0 Å². The lowest BCUT2D eigenvalue weighted by Gasteiger charge is -2.43. The van der Waals surface area contributed by atoms with Gasteiger partial charge in [-0.2, -0.15) is 0 Å². The number of anilines is 1. The van der Waals surface area contributed by atoms with Crippen molar-refractivity contribution in [2.75, 3.05) is 31.2 Å². The molecule has 0 unspecified atom stereocenters. The van der Waals surface area contributed by atoms with Gasteiger partial charge >= 0.3 is 0 Å². The van der Waals surface area contributed by atoms with E-state index in [-0.39, 0.29) is 11.4 Å². The van der Waals surface area contributed by atoms with Crippen LogP contribution >= 0.6 is 12.2 Å². The molecule has 1 saturated heterocycles. The fourth-order valence-corrected chi connectivity index (χ4v) is 4.78. The van der Waals surface area contributed by atoms with Crippen LogP contribution in [-0.2, 0) is 23.5 Å². The van der Waals surface area contributed by atoms with E-state index in [1.54, 1.807) is 0 Å². The quantitative estimate of drug-likeness (QED) is 0.547. The maximum atomic E-state index is 13.4. The standard InChI is InChI=1S/C24H28FN5OS/c25-21-9-7-20(8-10-21)24(11-4-12-24)26-18-30-23(32)29(17-19-5-2-1-3-6-19)22(27-30)28-13-15-31-16-14-28/h1-3,5-10,26H,4,11-18H2. The maximum Gasteiger partial charge on any atom is 0.226 e. The smallest absolute Gasteiger partial charge is 0.226 e. The Balaban J connectivity index is 1.42. The molecule has 0 radical (unpaired) electrons. The first-order valence-corrected chi connectivity index (χ1v) is 11.6. The SMILES string of the molecule is Fc1ccc(C2(NCn3nc(N4CCOCC4)n(Cc4ccccc4)c3=S)CCC2)cc1. The van der Waals surface area contributed by atoms with Crippen LogP contribution < -0.4 is 10.2 Å². The van der Waals surface area contributed by atoms with Crippen LogP contribution in [0.15, 0.2) is 54.6 Å². The Kier molecular flexibility index (Phi) is 6.08. The molecule has 32 heavy (non-hydrogen) atoms. The number of hydrogen-bond acceptors (Lipinski definition) is 5. The van der Waals surface area contributed by atoms with E-state index in [0.29, 0.717) is 31.2 Å². The fourth-order valence-electron chi connectivity index (χ4n) is 4.53. The summed E-state index contributed by atoms with van der Waals surface area (Å²) in [6, 6.07) is 17.2. The van der Waals surface area contributed by atoms with Crippen molar-refractivity contribution in [3.63, 3.8) is 0 Å². The molecule has 3 aromatic rings. The molecule has 1 aliphatic heterocycles. The Bertz CT molecular complexity index is 1100. The summed E-state index contributed by atoms with van der Waals surface area (Å²) in [5, 5.41) is 8.61. The summed E-state index contributed by atoms with van der Waals surface area (Å²) in [6.07, 6.45) is 3.19. The first-order valence-electron chi connectivity index (χ1n) is 11.2. The second kappa shape index (κ2) is 9.13. The number of ether oxygens (including phenoxy) is 1. The fraction of sp³-hybridized carbons (Fsp3) is 0.417. The maximum absolute atomic E-state index is 13.4. The van der Waals surface area contributed by atoms with Gasteiger partial charge in [0.05, 0.1) is 26.4 Å². The van der Waals surface area contributed by atoms with E-state index < -0.39 is 0 Å². The third-order valence-electron chi connectivity index (χ3n) is 6.55. The molecule has 0 atom stereocenters. The number of aromatic nitrogens is 3. The van der Waals surface area contributed by atoms with Crippen LogP contribution in [0, 0.1) is 10.6 Å². The van der Waals surface area contributed by atoms with Gasteiger partial charge in [0, 0.05) is 18.6 Å². The van der Waals surface area contributed by atoms with E-state index >= 15 is 0 Å². The Morgan fingerprint density at radius 2 is 1.75 bits per heavy atom. The van der Waals surface area contributed by atoms with E-state index in [1.165, 1.54) is 17.7 Å². The first-order chi connectivity index (χ1) is 15.6. The van der Waals surface area contributed by atoms with Gasteiger partial charge in [-0.1, -0.05) is 42.5 Å². The van der Waals surface area contributed by atoms with Crippen molar-refractivity contribution >= 4 is 18.2 Å². The van der Waals surface area contributed by atoms with Crippen LogP contribution in [0.1, 0.15) is 30.4 Å². The molecule has 2 aromatic carbocycles. The van der Waals surface area contributed by atoms with Crippen molar-refractivity contribution in [1.29, 1.82) is 0 Å². The predicted octanol–water partition coefficient (Wildman–Crippen LogP) is 4.06. The van der Waals surface area contributed by atoms with Crippen LogP contribution in [0.4, 0.5) is 10.3 Å². The molecule has 0 spiro atoms. The molecule has 2 aliphatic rings. The monoisotopic (exact) mass is 453 g/mol. The number of rotatable bonds is 7. The average Bonchev–Trinajstić information content (AvgIpc) is 3.11. The van der Waals surface area contributed by atoms with Crippen molar-refractivity contribution < 1.29 is 9.13 Å². The van der Waals surface area contributed by atoms with Crippen LogP contribution in [0.5, 0.6) is 0 Å². The van der Waals surface area contributed by atoms with Gasteiger partial charge < -0.3 is 9.64 Å². The van der Waals surface area contributed by atoms with E-state index in [9.17, 15) is 4.39 Å². The van der Waals surface area contributed by atoms with Gasteiger partial charge in [0.1, 0.15) is 5.82 Å². The van der Waals surface area contributed by atoms with Gasteiger partial charge in [0.2, 0.25) is 10.7 Å². The molecule has 1 aliphatic carbocycles. The van der Waals surface area contributed by atoms with Crippen LogP contribution in [0.25, 0.3) is 0 Å². The highest BCUT2D eigenvalue weighted by molar-refractivity contribution is 7.71. The van der Waals surface area contributed by atoms with Crippen LogP contribution in [-0.4, -0.2) is 40.7 Å². The molecule has 8 heteroatoms. The highest BCUT2D eigenvalue weighted by atomic mass is 32.1. The van der Waals surface area contributed by atoms with Crippen molar-refractivity contribution in [3.8, 4) is 0 Å². The largest absolute Gasteiger partial charge is 0.378 e. The molecule has 0 amide bonds. The summed E-state index contributed by atoms with van der Waals surface area (Å²) < 4.78 is 23.7. The van der Waals surface area contributed by atoms with Gasteiger partial charge in [-0.15, -0.1) is 5.10 Å². The second-order valence-corrected chi connectivity index (χ2v) is 8.90. The summed E-state index contributed by atoms with van der Waals surface area (Å²) in [6.45, 7) is 4.17. The zero-order valence-electron chi connectivity index (χ0n) is 18.0. The molecule has 2 heterocycles. The number of nitrogens with one attached hydrogen (secondary N) is 1. The summed E-state index contributed by atoms with van der Waals surface area (Å²) in [7, 11) is 0. The Morgan fingerprint density at radius 3 is 2.41 bits per heavy atom. The van der Waals surface area contributed by atoms with E-state index in [2.05, 4.69) is 26.9 Å². The van der Waals surface area contributed by atoms with Crippen molar-refractivity contribution in [3.05, 3.63) is 76.3 Å². The second-order valence-electron chi connectivity index (χ2n) is 8.53. The highest BCUT2D eigenvalue weighted by Gasteiger charge is 2.38. The summed E-state index contributed by atoms with van der Waals surface area (Å²) in [5.41, 5.74) is 2.16. The molecule has 6 nitrogen and oxygen atoms in total. The molecule has 168 valence electrons. The summed E-state index contributed by atoms with van der Waals surface area (Å²) >= 11 is 5.87. The Hall–Kier alpha value is -2.55. The first kappa shape index (κ1) is 21.3. The number of nitrogens with zero attached hydrogens (tertiary/aromatic N) is 4. The lowest BCUT2D eigenvalue weighted by atomic mass is 9.72. The van der Waals surface area contributed by atoms with Gasteiger partial charge in [0.15, 0.2) is 0 Å². The van der Waals surface area contributed by atoms with Crippen molar-refractivity contribution in [1.82, 2.24) is 19.7 Å². The zero-order chi connectivity index (χ0) is 22.0. The van der Waals surface area contributed by atoms with Crippen LogP contribution in [0.3, 0.4) is 0 Å². The van der Waals surface area contributed by atoms with E-state index in [1.807, 2.05) is 35.0 Å². The molecule has 1 aromatic heterocycles. The van der Waals surface area contributed by atoms with E-state index in [0.717, 1.165) is 43.9 Å². The number of morpholine rings is 1. The summed E-state index contributed by atoms with van der Waals surface area (Å²) in [4.78, 5) is 2.25. The third-order valence-corrected chi connectivity index (χ3v) is 6.98. The highest BCUT2D eigenvalue weighted by Crippen LogP contribution is 2.41. The number of halogens is 1. The topological polar surface area (TPSA) is 47.3 Å². The van der Waals surface area contributed by atoms with Crippen LogP contribution in [0.2, 0.25) is 0 Å². The minimum absolute atomic E-state index is 0.148. The minimum Gasteiger partial charge on any atom is -0.378 e. The molecular weight excluding hydrogens is 425 g/mol. The minimum atomic E-state index is -0.208. The Labute approximate surface area is 192 Å². The van der Waals surface area contributed by atoms with E-state index in [4.69, 9.17) is 22.1 Å². The van der Waals surface area contributed by atoms with Crippen molar-refractivity contribution in [2.24, 2.45) is 0 Å². The number of benzene rings is 2. The van der Waals surface area contributed by atoms with Gasteiger partial charge in [-0.05, 0) is 54.7 Å². The third kappa shape index (κ3) is 4.22. The summed E-state index contributed by atoms with van der Waals surface area (Å²) in [5.74, 6) is 0.675. The predicted molar refractivity (Wildman–Crippen MR) is 125 cm³/mol. The molecule has 5 rings (SSSR count). The molecular formula is C24H28FN5OS. The lowest BCUT2D eigenvalue weighted by molar-refractivity contribution is 0.121. The molecule has 2 fully saturated rings. The molecule has 1 saturated carbocycles. The van der Waals surface area contributed by atoms with Gasteiger partial charge in [-0.3, -0.25) is 9.88 Å². The zero-order valence-corrected chi connectivity index (χ0v) is 18.9. The van der Waals surface area contributed by atoms with Gasteiger partial charge in [-0.25, -0.2) is 9.07 Å². The normalized spacial score (nSPS) is 17.8. The molecule has 1 N–H and O–H groups in total. The number of hydrogen-bond donors (Lipinski definition) is 1.